The summed E-state index contributed by atoms with van der Waals surface area (Å²) in [6.45, 7) is 66.4. The van der Waals surface area contributed by atoms with Gasteiger partial charge in [0.2, 0.25) is 0 Å². The normalized spacial score (nSPS) is 15.9. The zero-order valence-electron chi connectivity index (χ0n) is 61.1. The fourth-order valence-electron chi connectivity index (χ4n) is 12.3. The number of aromatic nitrogens is 1. The molecule has 2 atom stereocenters. The van der Waals surface area contributed by atoms with Crippen LogP contribution in [-0.4, -0.2) is 64.7 Å². The maximum Gasteiger partial charge on any atom is 0.495 e. The lowest BCUT2D eigenvalue weighted by Crippen LogP contribution is -2.47. The molecule has 6 rings (SSSR count). The van der Waals surface area contributed by atoms with Crippen LogP contribution in [0.4, 0.5) is 0 Å². The first-order valence-electron chi connectivity index (χ1n) is 33.6. The third-order valence-corrected chi connectivity index (χ3v) is 31.4. The Hall–Kier alpha value is -3.68. The number of thiazole rings is 1. The average molecular weight is 1260 g/mol. The van der Waals surface area contributed by atoms with E-state index in [0.29, 0.717) is 6.61 Å². The Kier molecular flexibility index (Phi) is 24.5. The Morgan fingerprint density at radius 1 is 0.557 bits per heavy atom. The van der Waals surface area contributed by atoms with E-state index in [4.69, 9.17) is 27.9 Å². The van der Waals surface area contributed by atoms with Crippen LogP contribution < -0.4 is 5.46 Å². The van der Waals surface area contributed by atoms with Gasteiger partial charge in [-0.3, -0.25) is 4.79 Å². The Morgan fingerprint density at radius 3 is 1.27 bits per heavy atom. The Morgan fingerprint density at radius 2 is 0.932 bits per heavy atom. The van der Waals surface area contributed by atoms with E-state index in [2.05, 4.69) is 265 Å². The molecule has 0 radical (unpaired) electrons. The minimum atomic E-state index is -1.87. The quantitative estimate of drug-likeness (QED) is 0.0476. The molecule has 1 aliphatic rings. The highest BCUT2D eigenvalue weighted by Gasteiger charge is 2.52. The maximum atomic E-state index is 12.0. The minimum Gasteiger partial charge on any atom is -0.466 e. The third-order valence-electron chi connectivity index (χ3n) is 21.5. The highest BCUT2D eigenvalue weighted by atomic mass is 32.1. The van der Waals surface area contributed by atoms with Crippen molar-refractivity contribution in [3.63, 3.8) is 0 Å². The molecule has 2 heterocycles. The number of hydrogen-bond donors (Lipinski definition) is 0. The lowest BCUT2D eigenvalue weighted by Gasteiger charge is -2.43. The van der Waals surface area contributed by atoms with Gasteiger partial charge in [-0.2, -0.15) is 0 Å². The van der Waals surface area contributed by atoms with Crippen LogP contribution in [-0.2, 0) is 57.8 Å². The Labute approximate surface area is 544 Å². The van der Waals surface area contributed by atoms with E-state index < -0.39 is 16.6 Å². The van der Waals surface area contributed by atoms with E-state index in [1.54, 1.807) is 11.3 Å². The molecule has 0 spiro atoms. The number of carbonyl (C=O) groups excluding carboxylic acids is 1. The van der Waals surface area contributed by atoms with Gasteiger partial charge in [0, 0.05) is 21.8 Å². The molecule has 7 nitrogen and oxygen atoms in total. The van der Waals surface area contributed by atoms with Crippen LogP contribution in [0.5, 0.6) is 0 Å². The number of hydrogen-bond acceptors (Lipinski definition) is 8. The van der Waals surface area contributed by atoms with Crippen LogP contribution in [0.2, 0.25) is 36.3 Å². The van der Waals surface area contributed by atoms with E-state index in [9.17, 15) is 4.79 Å². The average Bonchev–Trinajstić information content (AvgIpc) is 1.51. The number of ether oxygens (including phenoxy) is 1. The molecule has 4 aromatic carbocycles. The summed E-state index contributed by atoms with van der Waals surface area (Å²) in [4.78, 5) is 16.7. The summed E-state index contributed by atoms with van der Waals surface area (Å²) in [5, 5.41) is 3.32. The molecular formula is C77H122BNO6SSi2. The Bertz CT molecular complexity index is 3100. The van der Waals surface area contributed by atoms with Gasteiger partial charge in [-0.1, -0.05) is 189 Å². The molecule has 2 unspecified atom stereocenters. The molecule has 1 fully saturated rings. The molecule has 5 aromatic rings. The van der Waals surface area contributed by atoms with Crippen molar-refractivity contribution in [1.82, 2.24) is 4.98 Å². The van der Waals surface area contributed by atoms with Crippen LogP contribution in [0, 0.1) is 38.5 Å². The molecule has 0 N–H and O–H groups in total. The van der Waals surface area contributed by atoms with E-state index in [1.165, 1.54) is 55.6 Å². The van der Waals surface area contributed by atoms with Crippen LogP contribution in [0.25, 0.3) is 10.6 Å². The second kappa shape index (κ2) is 28.7. The topological polar surface area (TPSA) is 76.1 Å². The monoisotopic (exact) mass is 1260 g/mol. The van der Waals surface area contributed by atoms with Gasteiger partial charge in [0.15, 0.2) is 16.6 Å². The molecule has 88 heavy (non-hydrogen) atoms. The van der Waals surface area contributed by atoms with Crippen LogP contribution >= 0.6 is 11.3 Å². The van der Waals surface area contributed by atoms with E-state index in [1.807, 2.05) is 12.3 Å². The van der Waals surface area contributed by atoms with Gasteiger partial charge in [-0.25, -0.2) is 4.98 Å². The molecule has 1 saturated heterocycles. The predicted octanol–water partition coefficient (Wildman–Crippen LogP) is 21.1. The van der Waals surface area contributed by atoms with Crippen molar-refractivity contribution in [1.29, 1.82) is 0 Å². The maximum absolute atomic E-state index is 12.0. The van der Waals surface area contributed by atoms with Crippen molar-refractivity contribution in [2.24, 2.45) is 10.8 Å². The van der Waals surface area contributed by atoms with Gasteiger partial charge in [0.25, 0.3) is 0 Å². The molecule has 1 aromatic heterocycles. The molecule has 1 aliphatic heterocycles. The largest absolute Gasteiger partial charge is 0.495 e. The van der Waals surface area contributed by atoms with Gasteiger partial charge in [-0.05, 0) is 216 Å². The molecule has 0 saturated carbocycles. The lowest BCUT2D eigenvalue weighted by atomic mass is 9.67. The fraction of sp³-hybridized carbons (Fsp3) is 0.636. The van der Waals surface area contributed by atoms with E-state index in [-0.39, 0.29) is 74.7 Å². The number of rotatable bonds is 23. The third kappa shape index (κ3) is 17.3. The summed E-state index contributed by atoms with van der Waals surface area (Å²) in [7, 11) is -4.07. The number of esters is 1. The minimum absolute atomic E-state index is 0.0398. The van der Waals surface area contributed by atoms with Gasteiger partial charge in [0.05, 0.1) is 42.1 Å². The van der Waals surface area contributed by atoms with Gasteiger partial charge in [-0.15, -0.1) is 11.3 Å². The number of carbonyl (C=O) groups is 1. The summed E-state index contributed by atoms with van der Waals surface area (Å²) < 4.78 is 31.9. The van der Waals surface area contributed by atoms with Gasteiger partial charge < -0.3 is 22.9 Å². The summed E-state index contributed by atoms with van der Waals surface area (Å²) in [6.07, 6.45) is 8.95. The fourth-order valence-corrected chi connectivity index (χ4v) is 16.3. The second-order valence-corrected chi connectivity index (χ2v) is 42.6. The lowest BCUT2D eigenvalue weighted by molar-refractivity contribution is -0.142. The van der Waals surface area contributed by atoms with Crippen molar-refractivity contribution < 1.29 is 27.7 Å². The molecule has 0 aliphatic carbocycles. The first-order valence-corrected chi connectivity index (χ1v) is 40.3. The molecule has 488 valence electrons. The van der Waals surface area contributed by atoms with Gasteiger partial charge >= 0.3 is 13.1 Å². The summed E-state index contributed by atoms with van der Waals surface area (Å²) in [6, 6.07) is 28.2. The van der Waals surface area contributed by atoms with E-state index in [0.717, 1.165) is 73.1 Å². The van der Waals surface area contributed by atoms with Crippen molar-refractivity contribution in [2.45, 2.75) is 301 Å². The number of aryl methyl sites for hydroxylation is 6. The van der Waals surface area contributed by atoms with E-state index >= 15 is 0 Å². The standard InChI is InChI=1S/C39H59NO3SSi.C38H63BO3Si/c1-14-39(15-2,31-20-21-33(28(5)24-31)36-40-32(26-44-36)25-35(41)42-16-3)30-19-17-29(27(4)23-30)18-22-34(37(6,7)8)43-45(12,13)38(9,10)11;1-17-38(18-2,31-22-23-32(28(4)26-31)39-41-36(11,12)37(13,14)42-39)30-21-19-29(27(3)25-30)20-24-33(34(5,6)7)40-43(15,16)35(8,9)10/h17,19-21,23-24,26,34H,14-16,18,22,25H2,1-13H3;19,21-23,25-26,33H,17-18,20,24H2,1-16H3. The van der Waals surface area contributed by atoms with Crippen LogP contribution in [0.3, 0.4) is 0 Å². The number of benzene rings is 4. The van der Waals surface area contributed by atoms with Crippen LogP contribution in [0.1, 0.15) is 245 Å². The zero-order valence-corrected chi connectivity index (χ0v) is 63.9. The first-order chi connectivity index (χ1) is 40.4. The smallest absolute Gasteiger partial charge is 0.466 e. The predicted molar refractivity (Wildman–Crippen MR) is 384 cm³/mol. The molecule has 0 amide bonds. The molecule has 0 bridgehead atoms. The number of nitrogens with zero attached hydrogens (tertiary/aromatic N) is 1. The molecule has 11 heteroatoms. The second-order valence-electron chi connectivity index (χ2n) is 32.2. The highest BCUT2D eigenvalue weighted by molar-refractivity contribution is 7.13. The van der Waals surface area contributed by atoms with Crippen molar-refractivity contribution >= 4 is 46.5 Å². The van der Waals surface area contributed by atoms with Crippen molar-refractivity contribution in [3.8, 4) is 10.6 Å². The van der Waals surface area contributed by atoms with Crippen molar-refractivity contribution in [2.75, 3.05) is 6.61 Å². The highest BCUT2D eigenvalue weighted by Crippen LogP contribution is 2.46. The zero-order chi connectivity index (χ0) is 66.6. The summed E-state index contributed by atoms with van der Waals surface area (Å²) in [5.41, 5.74) is 16.0. The van der Waals surface area contributed by atoms with Gasteiger partial charge in [0.1, 0.15) is 5.01 Å². The Balaban J connectivity index is 0.000000321. The SMILES string of the molecule is CCC(CC)(c1ccc(CCC(O[Si](C)(C)C(C)(C)C)C(C)(C)C)c(C)c1)c1ccc(B2OC(C)(C)C(C)(C)O2)c(C)c1.CCOC(=O)Cc1csc(-c2ccc(C(CC)(CC)c3ccc(CCC(O[Si](C)(C)C(C)(C)C)C(C)(C)C)c(C)c3)cc2C)n1. The first kappa shape index (κ1) is 75.0. The summed E-state index contributed by atoms with van der Waals surface area (Å²) in [5.74, 6) is -0.230. The van der Waals surface area contributed by atoms with Crippen molar-refractivity contribution in [3.05, 3.63) is 140 Å². The van der Waals surface area contributed by atoms with Crippen LogP contribution in [0.15, 0.2) is 78.2 Å². The molecular weight excluding hydrogens is 1130 g/mol. The summed E-state index contributed by atoms with van der Waals surface area (Å²) >= 11 is 1.59.